The number of aromatic nitrogens is 3. The summed E-state index contributed by atoms with van der Waals surface area (Å²) in [6.45, 7) is 0. The number of benzene rings is 2. The van der Waals surface area contributed by atoms with Gasteiger partial charge < -0.3 is 10.3 Å². The number of aromatic amines is 1. The summed E-state index contributed by atoms with van der Waals surface area (Å²) in [6, 6.07) is 21.3. The van der Waals surface area contributed by atoms with Crippen molar-refractivity contribution in [3.05, 3.63) is 141 Å². The zero-order valence-corrected chi connectivity index (χ0v) is 25.5. The molecule has 0 spiro atoms. The summed E-state index contributed by atoms with van der Waals surface area (Å²) in [4.78, 5) is 71.3. The van der Waals surface area contributed by atoms with Gasteiger partial charge in [0.15, 0.2) is 6.29 Å². The highest BCUT2D eigenvalue weighted by atomic mass is 35.5. The number of amides is 1. The number of pyridine rings is 3. The van der Waals surface area contributed by atoms with Gasteiger partial charge in [0.2, 0.25) is 11.5 Å². The van der Waals surface area contributed by atoms with Crippen LogP contribution in [0.1, 0.15) is 22.3 Å². The van der Waals surface area contributed by atoms with Crippen LogP contribution in [0, 0.1) is 42.9 Å². The van der Waals surface area contributed by atoms with Crippen molar-refractivity contribution < 1.29 is 19.4 Å². The number of nitro groups is 2. The third kappa shape index (κ3) is 9.38. The van der Waals surface area contributed by atoms with Crippen molar-refractivity contribution in [2.24, 2.45) is 0 Å². The van der Waals surface area contributed by atoms with E-state index in [2.05, 4.69) is 15.3 Å². The number of nitro benzene ring substituents is 2. The molecular formula is C30H18Cl2N8O8. The Bertz CT molecular complexity index is 2220. The molecule has 3 aromatic heterocycles. The summed E-state index contributed by atoms with van der Waals surface area (Å²) in [5.74, 6) is -0.439. The van der Waals surface area contributed by atoms with E-state index in [1.165, 1.54) is 78.9 Å². The van der Waals surface area contributed by atoms with E-state index in [4.69, 9.17) is 33.7 Å². The Labute approximate surface area is 278 Å². The van der Waals surface area contributed by atoms with Crippen LogP contribution in [0.4, 0.5) is 17.1 Å². The first-order chi connectivity index (χ1) is 22.9. The highest BCUT2D eigenvalue weighted by Gasteiger charge is 2.13. The van der Waals surface area contributed by atoms with Crippen molar-refractivity contribution in [2.75, 3.05) is 5.32 Å². The smallest absolute Gasteiger partial charge is 0.274 e. The van der Waals surface area contributed by atoms with E-state index in [1.807, 2.05) is 6.07 Å². The van der Waals surface area contributed by atoms with Gasteiger partial charge in [-0.15, -0.1) is 0 Å². The van der Waals surface area contributed by atoms with E-state index in [1.54, 1.807) is 6.07 Å². The van der Waals surface area contributed by atoms with E-state index in [-0.39, 0.29) is 39.3 Å². The molecule has 48 heavy (non-hydrogen) atoms. The molecule has 1 amide bonds. The number of carbonyl (C=O) groups excluding carboxylic acids is 2. The molecule has 18 heteroatoms. The number of nitriles is 2. The van der Waals surface area contributed by atoms with Crippen LogP contribution in [0.15, 0.2) is 88.5 Å². The Balaban J connectivity index is 0.000000215. The molecule has 0 fully saturated rings. The summed E-state index contributed by atoms with van der Waals surface area (Å²) in [7, 11) is 0. The number of carbonyl (C=O) groups is 2. The maximum Gasteiger partial charge on any atom is 0.274 e. The Morgan fingerprint density at radius 1 is 0.938 bits per heavy atom. The van der Waals surface area contributed by atoms with Gasteiger partial charge in [0, 0.05) is 41.4 Å². The largest absolute Gasteiger partial charge is 0.325 e. The van der Waals surface area contributed by atoms with Gasteiger partial charge in [-0.05, 0) is 48.5 Å². The van der Waals surface area contributed by atoms with E-state index in [0.717, 1.165) is 4.57 Å². The quantitative estimate of drug-likeness (QED) is 0.103. The predicted molar refractivity (Wildman–Crippen MR) is 173 cm³/mol. The predicted octanol–water partition coefficient (Wildman–Crippen LogP) is 5.11. The Hall–Kier alpha value is -6.75. The zero-order valence-electron chi connectivity index (χ0n) is 24.0. The first-order valence-corrected chi connectivity index (χ1v) is 13.8. The Kier molecular flexibility index (Phi) is 12.3. The zero-order chi connectivity index (χ0) is 35.4. The molecule has 0 aliphatic heterocycles. The van der Waals surface area contributed by atoms with Crippen molar-refractivity contribution in [1.29, 1.82) is 10.5 Å². The monoisotopic (exact) mass is 688 g/mol. The van der Waals surface area contributed by atoms with E-state index in [0.29, 0.717) is 28.6 Å². The number of halogens is 2. The minimum atomic E-state index is -0.615. The molecule has 5 rings (SSSR count). The number of nitrogens with one attached hydrogen (secondary N) is 2. The second kappa shape index (κ2) is 16.5. The van der Waals surface area contributed by atoms with Gasteiger partial charge in [-0.2, -0.15) is 10.5 Å². The van der Waals surface area contributed by atoms with Gasteiger partial charge in [0.1, 0.15) is 34.0 Å². The van der Waals surface area contributed by atoms with Gasteiger partial charge in [0.05, 0.1) is 27.2 Å². The molecular weight excluding hydrogens is 671 g/mol. The molecule has 0 bridgehead atoms. The van der Waals surface area contributed by atoms with E-state index in [9.17, 15) is 39.4 Å². The lowest BCUT2D eigenvalue weighted by Gasteiger charge is -2.10. The highest BCUT2D eigenvalue weighted by Crippen LogP contribution is 2.19. The second-order valence-corrected chi connectivity index (χ2v) is 9.77. The minimum Gasteiger partial charge on any atom is -0.325 e. The molecule has 5 aromatic rings. The molecule has 0 unspecified atom stereocenters. The summed E-state index contributed by atoms with van der Waals surface area (Å²) < 4.78 is 1.15. The number of rotatable bonds is 6. The third-order valence-electron chi connectivity index (χ3n) is 5.90. The van der Waals surface area contributed by atoms with Crippen molar-refractivity contribution in [2.45, 2.75) is 6.42 Å². The lowest BCUT2D eigenvalue weighted by molar-refractivity contribution is -0.385. The van der Waals surface area contributed by atoms with Gasteiger partial charge in [-0.25, -0.2) is 4.98 Å². The maximum absolute atomic E-state index is 12.4. The van der Waals surface area contributed by atoms with Crippen LogP contribution in [-0.2, 0) is 4.79 Å². The topological polar surface area (TPSA) is 248 Å². The summed E-state index contributed by atoms with van der Waals surface area (Å²) in [5.41, 5.74) is 0.0204. The average molecular weight is 689 g/mol. The molecule has 240 valence electrons. The molecule has 2 N–H and O–H groups in total. The van der Waals surface area contributed by atoms with Crippen LogP contribution in [0.2, 0.25) is 10.3 Å². The molecule has 0 aliphatic carbocycles. The highest BCUT2D eigenvalue weighted by molar-refractivity contribution is 6.33. The molecule has 2 aromatic carbocycles. The number of aldehydes is 1. The number of fused-ring (bicyclic) bond motifs is 1. The summed E-state index contributed by atoms with van der Waals surface area (Å²) in [5, 5.41) is 41.7. The average Bonchev–Trinajstić information content (AvgIpc) is 3.05. The van der Waals surface area contributed by atoms with Crippen molar-refractivity contribution >= 4 is 63.5 Å². The number of anilines is 1. The SMILES string of the molecule is N#CCC(=O)Nc1ccc([N+](=O)[O-])cc1.N#Cc1cc2ccc(=O)[nH]c2n(-c2ccc([N+](=O)[O-])cc2)c1=O.O=Cc1ccc(Cl)nc1Cl. The second-order valence-electron chi connectivity index (χ2n) is 9.03. The third-order valence-corrected chi connectivity index (χ3v) is 6.41. The first kappa shape index (κ1) is 35.7. The van der Waals surface area contributed by atoms with Crippen molar-refractivity contribution in [3.8, 4) is 17.8 Å². The Morgan fingerprint density at radius 2 is 1.54 bits per heavy atom. The maximum atomic E-state index is 12.4. The van der Waals surface area contributed by atoms with Crippen LogP contribution in [0.25, 0.3) is 16.7 Å². The number of non-ortho nitro benzene ring substituents is 2. The molecule has 0 radical (unpaired) electrons. The molecule has 0 aliphatic rings. The lowest BCUT2D eigenvalue weighted by atomic mass is 10.2. The number of hydrogen-bond acceptors (Lipinski definition) is 11. The number of H-pyrrole nitrogens is 1. The number of hydrogen-bond donors (Lipinski definition) is 2. The molecule has 3 heterocycles. The number of nitrogens with zero attached hydrogens (tertiary/aromatic N) is 6. The van der Waals surface area contributed by atoms with Crippen LogP contribution < -0.4 is 16.4 Å². The van der Waals surface area contributed by atoms with Crippen molar-refractivity contribution in [1.82, 2.24) is 14.5 Å². The van der Waals surface area contributed by atoms with Gasteiger partial charge in [-0.1, -0.05) is 23.2 Å². The van der Waals surface area contributed by atoms with Crippen LogP contribution in [-0.4, -0.2) is 36.6 Å². The van der Waals surface area contributed by atoms with Crippen molar-refractivity contribution in [3.63, 3.8) is 0 Å². The normalized spacial score (nSPS) is 9.75. The van der Waals surface area contributed by atoms with Crippen LogP contribution >= 0.6 is 23.2 Å². The van der Waals surface area contributed by atoms with Gasteiger partial charge in [-0.3, -0.25) is 44.0 Å². The van der Waals surface area contributed by atoms with E-state index < -0.39 is 26.9 Å². The summed E-state index contributed by atoms with van der Waals surface area (Å²) >= 11 is 11.0. The van der Waals surface area contributed by atoms with Gasteiger partial charge in [0.25, 0.3) is 16.9 Å². The fourth-order valence-corrected chi connectivity index (χ4v) is 4.11. The van der Waals surface area contributed by atoms with E-state index >= 15 is 0 Å². The fraction of sp³-hybridized carbons (Fsp3) is 0.0333. The van der Waals surface area contributed by atoms with Crippen LogP contribution in [0.5, 0.6) is 0 Å². The fourth-order valence-electron chi connectivity index (χ4n) is 3.72. The first-order valence-electron chi connectivity index (χ1n) is 13.0. The molecule has 0 atom stereocenters. The minimum absolute atomic E-state index is 0.0479. The Morgan fingerprint density at radius 3 is 2.06 bits per heavy atom. The van der Waals surface area contributed by atoms with Crippen LogP contribution in [0.3, 0.4) is 0 Å². The molecule has 0 saturated carbocycles. The van der Waals surface area contributed by atoms with Gasteiger partial charge >= 0.3 is 0 Å². The lowest BCUT2D eigenvalue weighted by Crippen LogP contribution is -2.23. The molecule has 0 saturated heterocycles. The summed E-state index contributed by atoms with van der Waals surface area (Å²) in [6.07, 6.45) is 0.392. The molecule has 16 nitrogen and oxygen atoms in total. The standard InChI is InChI=1S/C15H8N4O4.C9H7N3O3.C6H3Cl2NO/c16-8-10-7-9-1-6-13(20)17-14(9)18(15(10)21)11-2-4-12(5-3-11)19(22)23;10-6-5-9(13)11-7-1-3-8(4-2-7)12(14)15;7-5-2-1-4(3-10)6(8)9-5/h1-7H,(H,17,20);1-4H,5H2,(H,11,13);1-3H.